The highest BCUT2D eigenvalue weighted by Gasteiger charge is 2.55. The summed E-state index contributed by atoms with van der Waals surface area (Å²) in [7, 11) is 1.33. The van der Waals surface area contributed by atoms with Gasteiger partial charge in [-0.15, -0.1) is 0 Å². The van der Waals surface area contributed by atoms with Gasteiger partial charge >= 0.3 is 12.1 Å². The molecule has 4 saturated heterocycles. The van der Waals surface area contributed by atoms with Crippen molar-refractivity contribution in [2.24, 2.45) is 11.8 Å². The summed E-state index contributed by atoms with van der Waals surface area (Å²) >= 11 is 0. The van der Waals surface area contributed by atoms with Crippen LogP contribution in [-0.2, 0) is 33.3 Å². The predicted molar refractivity (Wildman–Crippen MR) is 153 cm³/mol. The number of epoxide rings is 1. The van der Waals surface area contributed by atoms with Gasteiger partial charge in [-0.3, -0.25) is 9.59 Å². The van der Waals surface area contributed by atoms with E-state index in [1.54, 1.807) is 6.92 Å². The van der Waals surface area contributed by atoms with Gasteiger partial charge in [0.1, 0.15) is 23.9 Å². The molecule has 9 atom stereocenters. The highest BCUT2D eigenvalue weighted by atomic mass is 16.6. The third-order valence-corrected chi connectivity index (χ3v) is 8.75. The van der Waals surface area contributed by atoms with Crippen molar-refractivity contribution in [3.63, 3.8) is 0 Å². The van der Waals surface area contributed by atoms with Crippen LogP contribution < -0.4 is 5.32 Å². The number of ether oxygens (including phenoxy) is 5. The minimum absolute atomic E-state index is 0.0236. The van der Waals surface area contributed by atoms with Gasteiger partial charge in [-0.25, -0.2) is 4.79 Å². The lowest BCUT2D eigenvalue weighted by Gasteiger charge is -2.39. The summed E-state index contributed by atoms with van der Waals surface area (Å²) in [5, 5.41) is 13.5. The number of allylic oxidation sites excluding steroid dienone is 2. The number of aliphatic hydroxyl groups is 1. The molecule has 0 aliphatic carbocycles. The molecule has 0 radical (unpaired) electrons. The van der Waals surface area contributed by atoms with E-state index in [9.17, 15) is 19.5 Å². The van der Waals surface area contributed by atoms with Crippen molar-refractivity contribution in [1.29, 1.82) is 0 Å². The van der Waals surface area contributed by atoms with Crippen LogP contribution in [0.3, 0.4) is 0 Å². The number of hydrogen-bond donors (Lipinski definition) is 2. The van der Waals surface area contributed by atoms with Gasteiger partial charge in [-0.1, -0.05) is 30.7 Å². The number of hydrogen-bond acceptors (Lipinski definition) is 9. The van der Waals surface area contributed by atoms with Gasteiger partial charge in [0.15, 0.2) is 0 Å². The lowest BCUT2D eigenvalue weighted by atomic mass is 9.88. The zero-order valence-corrected chi connectivity index (χ0v) is 25.3. The molecule has 2 N–H and O–H groups in total. The Morgan fingerprint density at radius 2 is 2.00 bits per heavy atom. The van der Waals surface area contributed by atoms with Crippen LogP contribution in [0.25, 0.3) is 0 Å². The molecule has 4 fully saturated rings. The van der Waals surface area contributed by atoms with E-state index >= 15 is 0 Å². The van der Waals surface area contributed by atoms with Gasteiger partial charge in [0.05, 0.1) is 44.5 Å². The third kappa shape index (κ3) is 8.21. The monoisotopic (exact) mass is 590 g/mol. The van der Waals surface area contributed by atoms with Gasteiger partial charge < -0.3 is 39.0 Å². The lowest BCUT2D eigenvalue weighted by molar-refractivity contribution is -0.144. The maximum Gasteiger partial charge on any atom is 0.410 e. The topological polar surface area (TPSA) is 136 Å². The number of esters is 1. The van der Waals surface area contributed by atoms with E-state index < -0.39 is 23.9 Å². The van der Waals surface area contributed by atoms with Crippen LogP contribution in [-0.4, -0.2) is 104 Å². The third-order valence-electron chi connectivity index (χ3n) is 8.75. The van der Waals surface area contributed by atoms with Crippen molar-refractivity contribution < 1.29 is 43.2 Å². The summed E-state index contributed by atoms with van der Waals surface area (Å²) in [5.74, 6) is -0.709. The summed E-state index contributed by atoms with van der Waals surface area (Å²) in [6.07, 6.45) is 9.44. The molecule has 234 valence electrons. The minimum atomic E-state index is -0.643. The number of methoxy groups -OCH3 is 1. The second-order valence-electron chi connectivity index (χ2n) is 12.0. The number of likely N-dealkylation sites (tertiary alicyclic amines) is 1. The molecule has 11 heteroatoms. The first-order valence-electron chi connectivity index (χ1n) is 15.0. The maximum absolute atomic E-state index is 12.6. The van der Waals surface area contributed by atoms with Crippen LogP contribution in [0.4, 0.5) is 4.79 Å². The SMILES string of the molecule is COC(=O)[C@H]1CCN(C(=O)O[C@@H](C)/C=C\C(=O)N[C@@H]2C[C@H](C)[C@H](C/C=C(C)/C=C/C3OCC[C@@]4(CO4)[C@@H]3O)O[C@@H]2C)C1. The van der Waals surface area contributed by atoms with Crippen LogP contribution in [0.2, 0.25) is 0 Å². The van der Waals surface area contributed by atoms with E-state index in [0.717, 1.165) is 24.8 Å². The number of rotatable bonds is 9. The molecule has 4 rings (SSSR count). The first kappa shape index (κ1) is 32.2. The van der Waals surface area contributed by atoms with E-state index in [0.29, 0.717) is 26.2 Å². The Labute approximate surface area is 248 Å². The summed E-state index contributed by atoms with van der Waals surface area (Å²) in [5.41, 5.74) is 0.652. The van der Waals surface area contributed by atoms with E-state index in [2.05, 4.69) is 18.3 Å². The van der Waals surface area contributed by atoms with E-state index in [4.69, 9.17) is 23.7 Å². The van der Waals surface area contributed by atoms with Crippen LogP contribution in [0.5, 0.6) is 0 Å². The molecule has 4 heterocycles. The highest BCUT2D eigenvalue weighted by Crippen LogP contribution is 2.40. The van der Waals surface area contributed by atoms with Crippen LogP contribution >= 0.6 is 0 Å². The molecule has 2 amide bonds. The molecule has 0 saturated carbocycles. The Kier molecular flexibility index (Phi) is 10.9. The minimum Gasteiger partial charge on any atom is -0.469 e. The normalized spacial score (nSPS) is 35.9. The van der Waals surface area contributed by atoms with Gasteiger partial charge in [0.2, 0.25) is 5.91 Å². The Balaban J connectivity index is 1.18. The number of nitrogens with zero attached hydrogens (tertiary/aromatic N) is 1. The molecule has 42 heavy (non-hydrogen) atoms. The standard InChI is InChI=1S/C31H46N2O9/c1-19(7-10-26-28(35)31(18-40-31)13-15-39-26)6-9-25-20(2)16-24(22(4)42-25)32-27(34)11-8-21(3)41-30(37)33-14-12-23(17-33)29(36)38-5/h6-8,10-11,20-26,28,35H,9,12-18H2,1-5H3,(H,32,34)/b10-7+,11-8-,19-6+/t20-,21-,22+,23-,24+,25-,26?,28+,31+/m0/s1. The average Bonchev–Trinajstić information content (AvgIpc) is 3.56. The van der Waals surface area contributed by atoms with E-state index in [1.807, 2.05) is 26.0 Å². The molecule has 4 aliphatic heterocycles. The molecule has 0 aromatic heterocycles. The number of nitrogens with one attached hydrogen (secondary N) is 1. The van der Waals surface area contributed by atoms with Gasteiger partial charge in [-0.2, -0.15) is 0 Å². The fourth-order valence-electron chi connectivity index (χ4n) is 5.82. The van der Waals surface area contributed by atoms with Crippen LogP contribution in [0.15, 0.2) is 36.0 Å². The summed E-state index contributed by atoms with van der Waals surface area (Å²) in [6, 6.07) is -0.141. The Hall–Kier alpha value is -2.73. The lowest BCUT2D eigenvalue weighted by Crippen LogP contribution is -2.50. The molecular formula is C31H46N2O9. The largest absolute Gasteiger partial charge is 0.469 e. The maximum atomic E-state index is 12.6. The summed E-state index contributed by atoms with van der Waals surface area (Å²) in [6.45, 7) is 9.65. The first-order valence-corrected chi connectivity index (χ1v) is 15.0. The molecular weight excluding hydrogens is 544 g/mol. The fraction of sp³-hybridized carbons (Fsp3) is 0.710. The van der Waals surface area contributed by atoms with E-state index in [-0.39, 0.29) is 54.6 Å². The summed E-state index contributed by atoms with van der Waals surface area (Å²) < 4.78 is 27.6. The van der Waals surface area contributed by atoms with E-state index in [1.165, 1.54) is 24.2 Å². The number of aliphatic hydroxyl groups excluding tert-OH is 1. The zero-order valence-electron chi connectivity index (χ0n) is 25.3. The zero-order chi connectivity index (χ0) is 30.4. The quantitative estimate of drug-likeness (QED) is 0.180. The average molecular weight is 591 g/mol. The molecule has 1 spiro atoms. The van der Waals surface area contributed by atoms with Gasteiger partial charge in [0, 0.05) is 25.6 Å². The second kappa shape index (κ2) is 14.2. The number of carbonyl (C=O) groups excluding carboxylic acids is 3. The summed E-state index contributed by atoms with van der Waals surface area (Å²) in [4.78, 5) is 38.2. The fourth-order valence-corrected chi connectivity index (χ4v) is 5.82. The highest BCUT2D eigenvalue weighted by molar-refractivity contribution is 5.87. The molecule has 0 aromatic rings. The number of amides is 2. The smallest absolute Gasteiger partial charge is 0.410 e. The Morgan fingerprint density at radius 3 is 2.71 bits per heavy atom. The van der Waals surface area contributed by atoms with Crippen molar-refractivity contribution in [2.75, 3.05) is 33.4 Å². The predicted octanol–water partition coefficient (Wildman–Crippen LogP) is 2.67. The molecule has 11 nitrogen and oxygen atoms in total. The van der Waals surface area contributed by atoms with Crippen molar-refractivity contribution in [1.82, 2.24) is 10.2 Å². The van der Waals surface area contributed by atoms with Crippen molar-refractivity contribution in [3.05, 3.63) is 36.0 Å². The van der Waals surface area contributed by atoms with Crippen molar-refractivity contribution in [3.8, 4) is 0 Å². The molecule has 0 bridgehead atoms. The molecule has 4 aliphatic rings. The second-order valence-corrected chi connectivity index (χ2v) is 12.0. The Morgan fingerprint density at radius 1 is 1.24 bits per heavy atom. The number of carbonyl (C=O) groups is 3. The Bertz CT molecular complexity index is 1070. The van der Waals surface area contributed by atoms with Crippen LogP contribution in [0.1, 0.15) is 53.4 Å². The van der Waals surface area contributed by atoms with Crippen LogP contribution in [0, 0.1) is 11.8 Å². The molecule has 0 aromatic carbocycles. The first-order chi connectivity index (χ1) is 20.0. The van der Waals surface area contributed by atoms with Gasteiger partial charge in [-0.05, 0) is 52.0 Å². The van der Waals surface area contributed by atoms with Gasteiger partial charge in [0.25, 0.3) is 0 Å². The molecule has 1 unspecified atom stereocenters. The van der Waals surface area contributed by atoms with Crippen molar-refractivity contribution >= 4 is 18.0 Å². The van der Waals surface area contributed by atoms with Crippen molar-refractivity contribution in [2.45, 2.75) is 95.5 Å².